The summed E-state index contributed by atoms with van der Waals surface area (Å²) in [5.41, 5.74) is 1.23. The van der Waals surface area contributed by atoms with Crippen LogP contribution in [0.3, 0.4) is 0 Å². The Morgan fingerprint density at radius 1 is 1.16 bits per heavy atom. The van der Waals surface area contributed by atoms with E-state index in [1.807, 2.05) is 48.6 Å². The second kappa shape index (κ2) is 7.81. The molecule has 5 nitrogen and oxygen atoms in total. The Hall–Kier alpha value is -2.86. The highest BCUT2D eigenvalue weighted by atomic mass is 32.1. The van der Waals surface area contributed by atoms with Gasteiger partial charge in [0.2, 0.25) is 0 Å². The third kappa shape index (κ3) is 4.58. The van der Waals surface area contributed by atoms with Gasteiger partial charge in [0, 0.05) is 24.5 Å². The number of pyridine rings is 1. The molecule has 0 atom stereocenters. The highest BCUT2D eigenvalue weighted by molar-refractivity contribution is 7.09. The van der Waals surface area contributed by atoms with Crippen LogP contribution in [-0.4, -0.2) is 25.0 Å². The molecule has 0 bridgehead atoms. The second-order valence-electron chi connectivity index (χ2n) is 5.65. The molecule has 25 heavy (non-hydrogen) atoms. The Morgan fingerprint density at radius 3 is 2.56 bits per heavy atom. The summed E-state index contributed by atoms with van der Waals surface area (Å²) in [6, 6.07) is 14.8. The van der Waals surface area contributed by atoms with E-state index in [4.69, 9.17) is 4.74 Å². The van der Waals surface area contributed by atoms with Gasteiger partial charge >= 0.3 is 0 Å². The van der Waals surface area contributed by atoms with E-state index >= 15 is 0 Å². The molecule has 6 heteroatoms. The summed E-state index contributed by atoms with van der Waals surface area (Å²) < 4.78 is 5.70. The number of carbonyl (C=O) groups excluding carboxylic acids is 1. The summed E-state index contributed by atoms with van der Waals surface area (Å²) in [5, 5.41) is 4.86. The van der Waals surface area contributed by atoms with Gasteiger partial charge in [-0.3, -0.25) is 4.79 Å². The van der Waals surface area contributed by atoms with Crippen LogP contribution >= 0.6 is 11.3 Å². The Balaban J connectivity index is 1.58. The zero-order valence-electron chi connectivity index (χ0n) is 14.1. The fraction of sp³-hybridized carbons (Fsp3) is 0.158. The lowest BCUT2D eigenvalue weighted by Crippen LogP contribution is -2.13. The summed E-state index contributed by atoms with van der Waals surface area (Å²) in [5.74, 6) is 1.40. The van der Waals surface area contributed by atoms with E-state index in [2.05, 4.69) is 10.3 Å². The van der Waals surface area contributed by atoms with E-state index in [0.717, 1.165) is 16.4 Å². The van der Waals surface area contributed by atoms with Crippen LogP contribution in [0.25, 0.3) is 0 Å². The lowest BCUT2D eigenvalue weighted by atomic mass is 10.2. The van der Waals surface area contributed by atoms with Gasteiger partial charge in [-0.15, -0.1) is 11.3 Å². The molecular formula is C19H19N3O2S. The van der Waals surface area contributed by atoms with Crippen molar-refractivity contribution in [3.05, 3.63) is 70.5 Å². The molecular weight excluding hydrogens is 334 g/mol. The van der Waals surface area contributed by atoms with Gasteiger partial charge in [-0.1, -0.05) is 6.07 Å². The van der Waals surface area contributed by atoms with Gasteiger partial charge in [0.1, 0.15) is 18.2 Å². The number of benzene rings is 1. The summed E-state index contributed by atoms with van der Waals surface area (Å²) in [6.07, 6.45) is 1.64. The number of ether oxygens (including phenoxy) is 1. The van der Waals surface area contributed by atoms with Gasteiger partial charge in [-0.25, -0.2) is 4.98 Å². The minimum atomic E-state index is -0.177. The van der Waals surface area contributed by atoms with Crippen molar-refractivity contribution in [1.82, 2.24) is 4.98 Å². The molecule has 0 saturated carbocycles. The fourth-order valence-electron chi connectivity index (χ4n) is 2.18. The lowest BCUT2D eigenvalue weighted by Gasteiger charge is -2.12. The van der Waals surface area contributed by atoms with Gasteiger partial charge in [-0.2, -0.15) is 0 Å². The molecule has 1 N–H and O–H groups in total. The van der Waals surface area contributed by atoms with E-state index in [1.54, 1.807) is 41.8 Å². The third-order valence-electron chi connectivity index (χ3n) is 3.54. The zero-order chi connectivity index (χ0) is 17.6. The Bertz CT molecular complexity index is 813. The van der Waals surface area contributed by atoms with Crippen LogP contribution in [0, 0.1) is 0 Å². The molecule has 0 radical (unpaired) electrons. The molecule has 0 unspecified atom stereocenters. The van der Waals surface area contributed by atoms with Gasteiger partial charge in [0.25, 0.3) is 5.91 Å². The van der Waals surface area contributed by atoms with Crippen LogP contribution in [0.2, 0.25) is 0 Å². The number of thiophene rings is 1. The van der Waals surface area contributed by atoms with Crippen molar-refractivity contribution >= 4 is 28.7 Å². The van der Waals surface area contributed by atoms with Crippen LogP contribution in [0.4, 0.5) is 11.5 Å². The van der Waals surface area contributed by atoms with Gasteiger partial charge in [0.05, 0.1) is 11.9 Å². The van der Waals surface area contributed by atoms with Crippen LogP contribution < -0.4 is 15.0 Å². The van der Waals surface area contributed by atoms with Crippen molar-refractivity contribution in [3.63, 3.8) is 0 Å². The Kier molecular flexibility index (Phi) is 5.30. The quantitative estimate of drug-likeness (QED) is 0.727. The van der Waals surface area contributed by atoms with E-state index in [0.29, 0.717) is 17.9 Å². The number of rotatable bonds is 6. The first kappa shape index (κ1) is 17.0. The summed E-state index contributed by atoms with van der Waals surface area (Å²) in [4.78, 5) is 19.6. The maximum atomic E-state index is 12.3. The Labute approximate surface area is 150 Å². The highest BCUT2D eigenvalue weighted by Crippen LogP contribution is 2.18. The highest BCUT2D eigenvalue weighted by Gasteiger charge is 2.07. The zero-order valence-corrected chi connectivity index (χ0v) is 14.9. The van der Waals surface area contributed by atoms with Crippen LogP contribution in [-0.2, 0) is 6.61 Å². The molecule has 0 fully saturated rings. The largest absolute Gasteiger partial charge is 0.488 e. The van der Waals surface area contributed by atoms with Crippen molar-refractivity contribution in [2.45, 2.75) is 6.61 Å². The second-order valence-corrected chi connectivity index (χ2v) is 6.68. The van der Waals surface area contributed by atoms with Crippen LogP contribution in [0.5, 0.6) is 5.75 Å². The summed E-state index contributed by atoms with van der Waals surface area (Å²) >= 11 is 1.66. The first-order valence-electron chi connectivity index (χ1n) is 7.82. The number of hydrogen-bond acceptors (Lipinski definition) is 5. The molecule has 0 aliphatic rings. The summed E-state index contributed by atoms with van der Waals surface area (Å²) in [7, 11) is 3.84. The molecule has 1 amide bonds. The molecule has 2 heterocycles. The van der Waals surface area contributed by atoms with Crippen molar-refractivity contribution in [2.75, 3.05) is 24.3 Å². The van der Waals surface area contributed by atoms with Gasteiger partial charge in [0.15, 0.2) is 0 Å². The SMILES string of the molecule is CN(C)c1ccc(NC(=O)c2ccc(OCc3cccs3)cc2)cn1. The van der Waals surface area contributed by atoms with E-state index in [1.165, 1.54) is 0 Å². The van der Waals surface area contributed by atoms with Crippen molar-refractivity contribution in [2.24, 2.45) is 0 Å². The third-order valence-corrected chi connectivity index (χ3v) is 4.39. The Morgan fingerprint density at radius 2 is 1.96 bits per heavy atom. The number of aromatic nitrogens is 1. The number of nitrogens with zero attached hydrogens (tertiary/aromatic N) is 2. The minimum Gasteiger partial charge on any atom is -0.488 e. The number of hydrogen-bond donors (Lipinski definition) is 1. The monoisotopic (exact) mass is 353 g/mol. The average Bonchev–Trinajstić information content (AvgIpc) is 3.14. The number of amides is 1. The van der Waals surface area contributed by atoms with Gasteiger partial charge < -0.3 is 15.0 Å². The van der Waals surface area contributed by atoms with Crippen molar-refractivity contribution in [3.8, 4) is 5.75 Å². The number of anilines is 2. The minimum absolute atomic E-state index is 0.177. The molecule has 0 spiro atoms. The normalized spacial score (nSPS) is 10.3. The predicted octanol–water partition coefficient (Wildman–Crippen LogP) is 4.04. The first-order chi connectivity index (χ1) is 12.1. The van der Waals surface area contributed by atoms with Crippen LogP contribution in [0.1, 0.15) is 15.2 Å². The number of carbonyl (C=O) groups is 1. The molecule has 128 valence electrons. The number of nitrogens with one attached hydrogen (secondary N) is 1. The van der Waals surface area contributed by atoms with E-state index in [9.17, 15) is 4.79 Å². The maximum absolute atomic E-state index is 12.3. The molecule has 0 aliphatic heterocycles. The fourth-order valence-corrected chi connectivity index (χ4v) is 2.80. The van der Waals surface area contributed by atoms with E-state index in [-0.39, 0.29) is 5.91 Å². The van der Waals surface area contributed by atoms with Crippen LogP contribution in [0.15, 0.2) is 60.1 Å². The topological polar surface area (TPSA) is 54.5 Å². The van der Waals surface area contributed by atoms with Gasteiger partial charge in [-0.05, 0) is 47.8 Å². The summed E-state index contributed by atoms with van der Waals surface area (Å²) in [6.45, 7) is 0.535. The predicted molar refractivity (Wildman–Crippen MR) is 102 cm³/mol. The molecule has 3 rings (SSSR count). The molecule has 0 aliphatic carbocycles. The molecule has 1 aromatic carbocycles. The maximum Gasteiger partial charge on any atom is 0.255 e. The molecule has 0 saturated heterocycles. The van der Waals surface area contributed by atoms with Crippen molar-refractivity contribution in [1.29, 1.82) is 0 Å². The first-order valence-corrected chi connectivity index (χ1v) is 8.70. The lowest BCUT2D eigenvalue weighted by molar-refractivity contribution is 0.102. The molecule has 3 aromatic rings. The van der Waals surface area contributed by atoms with Crippen molar-refractivity contribution < 1.29 is 9.53 Å². The smallest absolute Gasteiger partial charge is 0.255 e. The van der Waals surface area contributed by atoms with E-state index < -0.39 is 0 Å². The molecule has 2 aromatic heterocycles. The average molecular weight is 353 g/mol. The standard InChI is InChI=1S/C19H19N3O2S/c1-22(2)18-10-7-15(12-20-18)21-19(23)14-5-8-16(9-6-14)24-13-17-4-3-11-25-17/h3-12H,13H2,1-2H3,(H,21,23).